The molecule has 0 aromatic heterocycles. The number of thioether (sulfide) groups is 1. The number of hydrogen-bond donors (Lipinski definition) is 2. The van der Waals surface area contributed by atoms with E-state index in [9.17, 15) is 9.50 Å². The zero-order valence-electron chi connectivity index (χ0n) is 11.6. The highest BCUT2D eigenvalue weighted by Crippen LogP contribution is 2.48. The molecule has 1 unspecified atom stereocenters. The van der Waals surface area contributed by atoms with Gasteiger partial charge in [0.25, 0.3) is 0 Å². The monoisotopic (exact) mass is 295 g/mol. The fourth-order valence-electron chi connectivity index (χ4n) is 3.31. The lowest BCUT2D eigenvalue weighted by Crippen LogP contribution is -2.45. The fraction of sp³-hybridized carbons (Fsp3) is 0.625. The first-order valence-corrected chi connectivity index (χ1v) is 8.56. The second-order valence-corrected chi connectivity index (χ2v) is 7.21. The van der Waals surface area contributed by atoms with E-state index in [-0.39, 0.29) is 18.5 Å². The average molecular weight is 295 g/mol. The highest BCUT2D eigenvalue weighted by atomic mass is 32.2. The van der Waals surface area contributed by atoms with Crippen LogP contribution in [0.4, 0.5) is 4.39 Å². The molecule has 4 heteroatoms. The lowest BCUT2D eigenvalue weighted by molar-refractivity contribution is 0.174. The summed E-state index contributed by atoms with van der Waals surface area (Å²) in [5, 5.41) is 13.1. The van der Waals surface area contributed by atoms with Crippen LogP contribution in [0.5, 0.6) is 0 Å². The molecular weight excluding hydrogens is 273 g/mol. The number of hydrogen-bond acceptors (Lipinski definition) is 3. The van der Waals surface area contributed by atoms with E-state index in [1.54, 1.807) is 12.1 Å². The van der Waals surface area contributed by atoms with Gasteiger partial charge in [-0.3, -0.25) is 0 Å². The van der Waals surface area contributed by atoms with Crippen molar-refractivity contribution in [2.75, 3.05) is 18.1 Å². The van der Waals surface area contributed by atoms with E-state index in [1.165, 1.54) is 49.3 Å². The third-order valence-electron chi connectivity index (χ3n) is 4.75. The van der Waals surface area contributed by atoms with Crippen LogP contribution in [0.2, 0.25) is 0 Å². The van der Waals surface area contributed by atoms with Gasteiger partial charge < -0.3 is 10.4 Å². The first kappa shape index (κ1) is 14.4. The topological polar surface area (TPSA) is 32.3 Å². The molecule has 1 saturated heterocycles. The molecule has 2 fully saturated rings. The van der Waals surface area contributed by atoms with Crippen molar-refractivity contribution < 1.29 is 9.50 Å². The number of aliphatic hydroxyl groups is 1. The Kier molecular flexibility index (Phi) is 4.34. The molecule has 3 rings (SSSR count). The van der Waals surface area contributed by atoms with Crippen LogP contribution >= 0.6 is 11.8 Å². The van der Waals surface area contributed by atoms with Gasteiger partial charge in [-0.25, -0.2) is 4.39 Å². The summed E-state index contributed by atoms with van der Waals surface area (Å²) < 4.78 is 13.0. The number of aliphatic hydroxyl groups excluding tert-OH is 1. The molecule has 1 spiro atoms. The quantitative estimate of drug-likeness (QED) is 0.895. The van der Waals surface area contributed by atoms with Crippen LogP contribution in [-0.4, -0.2) is 29.3 Å². The summed E-state index contributed by atoms with van der Waals surface area (Å²) in [4.78, 5) is 0. The number of halogens is 1. The van der Waals surface area contributed by atoms with Crippen LogP contribution in [0, 0.1) is 11.2 Å². The minimum Gasteiger partial charge on any atom is -0.394 e. The lowest BCUT2D eigenvalue weighted by atomic mass is 9.74. The third-order valence-corrected chi connectivity index (χ3v) is 6.39. The van der Waals surface area contributed by atoms with Gasteiger partial charge in [-0.05, 0) is 60.3 Å². The van der Waals surface area contributed by atoms with E-state index >= 15 is 0 Å². The summed E-state index contributed by atoms with van der Waals surface area (Å²) in [5.41, 5.74) is 1.60. The van der Waals surface area contributed by atoms with Crippen molar-refractivity contribution in [3.8, 4) is 0 Å². The SMILES string of the molecule is OCC(NC1CCC2(CC1)CSC2)c1ccc(F)cc1. The molecule has 2 N–H and O–H groups in total. The summed E-state index contributed by atoms with van der Waals surface area (Å²) in [6.07, 6.45) is 5.00. The van der Waals surface area contributed by atoms with Crippen LogP contribution in [0.3, 0.4) is 0 Å². The lowest BCUT2D eigenvalue weighted by Gasteiger charge is -2.46. The maximum absolute atomic E-state index is 13.0. The first-order chi connectivity index (χ1) is 9.71. The molecule has 1 aromatic carbocycles. The fourth-order valence-corrected chi connectivity index (χ4v) is 4.67. The molecule has 1 atom stereocenters. The largest absolute Gasteiger partial charge is 0.394 e. The molecule has 1 heterocycles. The average Bonchev–Trinajstić information content (AvgIpc) is 2.45. The second-order valence-electron chi connectivity index (χ2n) is 6.22. The Labute approximate surface area is 124 Å². The summed E-state index contributed by atoms with van der Waals surface area (Å²) in [7, 11) is 0. The molecule has 1 aliphatic carbocycles. The molecule has 2 nitrogen and oxygen atoms in total. The van der Waals surface area contributed by atoms with Crippen molar-refractivity contribution in [2.45, 2.75) is 37.8 Å². The van der Waals surface area contributed by atoms with Crippen LogP contribution in [-0.2, 0) is 0 Å². The van der Waals surface area contributed by atoms with Crippen LogP contribution in [0.1, 0.15) is 37.3 Å². The van der Waals surface area contributed by atoms with E-state index in [1.807, 2.05) is 0 Å². The van der Waals surface area contributed by atoms with Crippen LogP contribution in [0.25, 0.3) is 0 Å². The normalized spacial score (nSPS) is 23.5. The van der Waals surface area contributed by atoms with Crippen LogP contribution in [0.15, 0.2) is 24.3 Å². The Bertz CT molecular complexity index is 436. The van der Waals surface area contributed by atoms with Crippen LogP contribution < -0.4 is 5.32 Å². The van der Waals surface area contributed by atoms with Gasteiger partial charge in [0.05, 0.1) is 12.6 Å². The molecule has 0 bridgehead atoms. The number of nitrogens with one attached hydrogen (secondary N) is 1. The van der Waals surface area contributed by atoms with Crippen molar-refractivity contribution in [3.63, 3.8) is 0 Å². The molecule has 1 saturated carbocycles. The minimum absolute atomic E-state index is 0.0587. The van der Waals surface area contributed by atoms with Crippen molar-refractivity contribution in [2.24, 2.45) is 5.41 Å². The van der Waals surface area contributed by atoms with Gasteiger partial charge >= 0.3 is 0 Å². The Balaban J connectivity index is 1.57. The van der Waals surface area contributed by atoms with Crippen molar-refractivity contribution >= 4 is 11.8 Å². The summed E-state index contributed by atoms with van der Waals surface area (Å²) in [6, 6.07) is 6.84. The van der Waals surface area contributed by atoms with Gasteiger partial charge in [-0.1, -0.05) is 12.1 Å². The molecule has 2 aliphatic rings. The zero-order valence-corrected chi connectivity index (χ0v) is 12.5. The van der Waals surface area contributed by atoms with Gasteiger partial charge in [0.1, 0.15) is 5.82 Å². The molecule has 1 aliphatic heterocycles. The first-order valence-electron chi connectivity index (χ1n) is 7.41. The molecule has 0 radical (unpaired) electrons. The third kappa shape index (κ3) is 3.02. The predicted octanol–water partition coefficient (Wildman–Crippen LogP) is 3.12. The smallest absolute Gasteiger partial charge is 0.123 e. The van der Waals surface area contributed by atoms with Gasteiger partial charge in [-0.15, -0.1) is 0 Å². The Morgan fingerprint density at radius 3 is 2.40 bits per heavy atom. The molecule has 20 heavy (non-hydrogen) atoms. The van der Waals surface area contributed by atoms with Gasteiger partial charge in [0.2, 0.25) is 0 Å². The molecular formula is C16H22FNOS. The van der Waals surface area contributed by atoms with E-state index in [0.29, 0.717) is 11.5 Å². The number of rotatable bonds is 4. The van der Waals surface area contributed by atoms with E-state index in [4.69, 9.17) is 0 Å². The maximum atomic E-state index is 13.0. The van der Waals surface area contributed by atoms with Crippen molar-refractivity contribution in [1.82, 2.24) is 5.32 Å². The zero-order chi connectivity index (χ0) is 14.0. The summed E-state index contributed by atoms with van der Waals surface area (Å²) in [5.74, 6) is 2.44. The molecule has 1 aromatic rings. The maximum Gasteiger partial charge on any atom is 0.123 e. The van der Waals surface area contributed by atoms with E-state index in [2.05, 4.69) is 17.1 Å². The highest BCUT2D eigenvalue weighted by molar-refractivity contribution is 8.00. The Morgan fingerprint density at radius 2 is 1.90 bits per heavy atom. The van der Waals surface area contributed by atoms with E-state index in [0.717, 1.165) is 5.56 Å². The van der Waals surface area contributed by atoms with Gasteiger partial charge in [0.15, 0.2) is 0 Å². The van der Waals surface area contributed by atoms with Crippen molar-refractivity contribution in [1.29, 1.82) is 0 Å². The summed E-state index contributed by atoms with van der Waals surface area (Å²) in [6.45, 7) is 0.0587. The summed E-state index contributed by atoms with van der Waals surface area (Å²) >= 11 is 2.06. The standard InChI is InChI=1S/C16H22FNOS/c17-13-3-1-12(2-4-13)15(9-19)18-14-5-7-16(8-6-14)10-20-11-16/h1-4,14-15,18-19H,5-11H2. The minimum atomic E-state index is -0.229. The van der Waals surface area contributed by atoms with Gasteiger partial charge in [0, 0.05) is 6.04 Å². The van der Waals surface area contributed by atoms with E-state index < -0.39 is 0 Å². The van der Waals surface area contributed by atoms with Gasteiger partial charge in [-0.2, -0.15) is 11.8 Å². The number of benzene rings is 1. The Morgan fingerprint density at radius 1 is 1.25 bits per heavy atom. The highest BCUT2D eigenvalue weighted by Gasteiger charge is 2.40. The predicted molar refractivity (Wildman–Crippen MR) is 81.4 cm³/mol. The second kappa shape index (κ2) is 6.04. The van der Waals surface area contributed by atoms with Crippen molar-refractivity contribution in [3.05, 3.63) is 35.6 Å². The molecule has 0 amide bonds. The molecule has 110 valence electrons. The Hall–Kier alpha value is -0.580.